The van der Waals surface area contributed by atoms with Gasteiger partial charge in [-0.25, -0.2) is 13.2 Å². The molecular weight excluding hydrogens is 131 g/mol. The lowest BCUT2D eigenvalue weighted by Gasteiger charge is -2.04. The molecule has 0 fully saturated rings. The molecule has 1 nitrogen and oxygen atoms in total. The molecule has 0 rings (SSSR count). The molecule has 0 aliphatic carbocycles. The Kier molecular flexibility index (Phi) is 3.89. The van der Waals surface area contributed by atoms with Crippen LogP contribution in [-0.2, 0) is 0 Å². The molecule has 0 radical (unpaired) electrons. The number of terminal acetylenes is 1. The van der Waals surface area contributed by atoms with E-state index in [4.69, 9.17) is 0 Å². The second-order valence-electron chi connectivity index (χ2n) is 1.32. The molecule has 0 saturated heterocycles. The molecule has 9 heavy (non-hydrogen) atoms. The van der Waals surface area contributed by atoms with Crippen molar-refractivity contribution in [1.82, 2.24) is 5.32 Å². The second kappa shape index (κ2) is 4.21. The smallest absolute Gasteiger partial charge is 0.272 e. The van der Waals surface area contributed by atoms with Crippen molar-refractivity contribution in [2.75, 3.05) is 6.54 Å². The molecule has 0 aromatic rings. The minimum atomic E-state index is -3.00. The summed E-state index contributed by atoms with van der Waals surface area (Å²) in [7, 11) is 0. The molecule has 0 amide bonds. The van der Waals surface area contributed by atoms with Crippen molar-refractivity contribution >= 4 is 0 Å². The Labute approximate surface area is 51.2 Å². The maximum absolute atomic E-state index is 11.8. The molecule has 0 aromatic heterocycles. The van der Waals surface area contributed by atoms with Crippen LogP contribution in [0.2, 0.25) is 0 Å². The number of rotatable bonds is 3. The third-order valence-electron chi connectivity index (χ3n) is 0.620. The highest BCUT2D eigenvalue weighted by Gasteiger charge is 2.16. The zero-order valence-electron chi connectivity index (χ0n) is 4.57. The lowest BCUT2D eigenvalue weighted by Crippen LogP contribution is -2.31. The van der Waals surface area contributed by atoms with Gasteiger partial charge >= 0.3 is 0 Å². The SMILES string of the molecule is C#CCNC(F)C(F)F. The maximum atomic E-state index is 11.8. The molecule has 0 spiro atoms. The van der Waals surface area contributed by atoms with Crippen molar-refractivity contribution in [3.63, 3.8) is 0 Å². The quantitative estimate of drug-likeness (QED) is 0.447. The minimum Gasteiger partial charge on any atom is -0.272 e. The summed E-state index contributed by atoms with van der Waals surface area (Å²) in [6.07, 6.45) is -0.653. The third kappa shape index (κ3) is 3.86. The van der Waals surface area contributed by atoms with Crippen LogP contribution in [0.3, 0.4) is 0 Å². The number of halogens is 3. The van der Waals surface area contributed by atoms with Gasteiger partial charge < -0.3 is 0 Å². The topological polar surface area (TPSA) is 12.0 Å². The van der Waals surface area contributed by atoms with Crippen LogP contribution in [-0.4, -0.2) is 19.3 Å². The Morgan fingerprint density at radius 2 is 2.00 bits per heavy atom. The summed E-state index contributed by atoms with van der Waals surface area (Å²) in [6.45, 7) is -0.175. The van der Waals surface area contributed by atoms with Crippen LogP contribution in [0.1, 0.15) is 0 Å². The Balaban J connectivity index is 3.29. The average molecular weight is 137 g/mol. The molecule has 0 aromatic carbocycles. The van der Waals surface area contributed by atoms with E-state index in [1.165, 1.54) is 0 Å². The van der Waals surface area contributed by atoms with E-state index in [1.54, 1.807) is 5.32 Å². The largest absolute Gasteiger partial charge is 0.282 e. The first kappa shape index (κ1) is 8.31. The lowest BCUT2D eigenvalue weighted by atomic mass is 10.6. The standard InChI is InChI=1S/C5H6F3N/c1-2-3-9-5(8)4(6)7/h1,4-5,9H,3H2. The fraction of sp³-hybridized carbons (Fsp3) is 0.600. The van der Waals surface area contributed by atoms with E-state index >= 15 is 0 Å². The summed E-state index contributed by atoms with van der Waals surface area (Å²) >= 11 is 0. The number of hydrogen-bond donors (Lipinski definition) is 1. The fourth-order valence-electron chi connectivity index (χ4n) is 0.246. The fourth-order valence-corrected chi connectivity index (χ4v) is 0.246. The third-order valence-corrected chi connectivity index (χ3v) is 0.620. The molecule has 0 aliphatic heterocycles. The highest BCUT2D eigenvalue weighted by molar-refractivity contribution is 4.87. The maximum Gasteiger partial charge on any atom is 0.282 e. The molecule has 4 heteroatoms. The van der Waals surface area contributed by atoms with Crippen LogP contribution in [0.4, 0.5) is 13.2 Å². The summed E-state index contributed by atoms with van der Waals surface area (Å²) in [5, 5.41) is 1.78. The van der Waals surface area contributed by atoms with Crippen molar-refractivity contribution in [1.29, 1.82) is 0 Å². The lowest BCUT2D eigenvalue weighted by molar-refractivity contribution is 0.0333. The molecular formula is C5H6F3N. The van der Waals surface area contributed by atoms with Gasteiger partial charge in [0.25, 0.3) is 6.43 Å². The summed E-state index contributed by atoms with van der Waals surface area (Å²) < 4.78 is 34.2. The number of nitrogens with one attached hydrogen (secondary N) is 1. The molecule has 1 unspecified atom stereocenters. The summed E-state index contributed by atoms with van der Waals surface area (Å²) in [4.78, 5) is 0. The normalized spacial score (nSPS) is 13.2. The van der Waals surface area contributed by atoms with Gasteiger partial charge in [0.15, 0.2) is 0 Å². The highest BCUT2D eigenvalue weighted by Crippen LogP contribution is 2.00. The van der Waals surface area contributed by atoms with Crippen molar-refractivity contribution in [3.05, 3.63) is 0 Å². The molecule has 0 saturated carbocycles. The van der Waals surface area contributed by atoms with Gasteiger partial charge in [-0.2, -0.15) is 0 Å². The Morgan fingerprint density at radius 1 is 1.44 bits per heavy atom. The van der Waals surface area contributed by atoms with Gasteiger partial charge in [-0.05, 0) is 0 Å². The number of hydrogen-bond acceptors (Lipinski definition) is 1. The van der Waals surface area contributed by atoms with E-state index in [9.17, 15) is 13.2 Å². The predicted molar refractivity (Wildman–Crippen MR) is 27.7 cm³/mol. The first-order valence-electron chi connectivity index (χ1n) is 2.27. The van der Waals surface area contributed by atoms with Crippen LogP contribution >= 0.6 is 0 Å². The minimum absolute atomic E-state index is 0.175. The van der Waals surface area contributed by atoms with E-state index in [2.05, 4.69) is 6.42 Å². The van der Waals surface area contributed by atoms with Crippen LogP contribution < -0.4 is 5.32 Å². The van der Waals surface area contributed by atoms with E-state index in [1.807, 2.05) is 5.92 Å². The zero-order valence-corrected chi connectivity index (χ0v) is 4.57. The second-order valence-corrected chi connectivity index (χ2v) is 1.32. The summed E-state index contributed by atoms with van der Waals surface area (Å²) in [6, 6.07) is 0. The van der Waals surface area contributed by atoms with Crippen LogP contribution in [0.15, 0.2) is 0 Å². The molecule has 1 atom stereocenters. The van der Waals surface area contributed by atoms with E-state index < -0.39 is 12.7 Å². The predicted octanol–water partition coefficient (Wildman–Crippen LogP) is 0.770. The Morgan fingerprint density at radius 3 is 2.33 bits per heavy atom. The number of alkyl halides is 3. The monoisotopic (exact) mass is 137 g/mol. The Bertz CT molecular complexity index is 107. The van der Waals surface area contributed by atoms with Gasteiger partial charge in [-0.3, -0.25) is 5.32 Å². The van der Waals surface area contributed by atoms with Crippen LogP contribution in [0.25, 0.3) is 0 Å². The van der Waals surface area contributed by atoms with E-state index in [-0.39, 0.29) is 6.54 Å². The van der Waals surface area contributed by atoms with Crippen LogP contribution in [0, 0.1) is 12.3 Å². The van der Waals surface area contributed by atoms with Gasteiger partial charge in [-0.1, -0.05) is 5.92 Å². The van der Waals surface area contributed by atoms with Crippen LogP contribution in [0.5, 0.6) is 0 Å². The van der Waals surface area contributed by atoms with E-state index in [0.29, 0.717) is 0 Å². The molecule has 0 heterocycles. The zero-order chi connectivity index (χ0) is 7.28. The van der Waals surface area contributed by atoms with Gasteiger partial charge in [0.05, 0.1) is 6.54 Å². The molecule has 1 N–H and O–H groups in total. The highest BCUT2D eigenvalue weighted by atomic mass is 19.3. The van der Waals surface area contributed by atoms with Gasteiger partial charge in [-0.15, -0.1) is 6.42 Å². The van der Waals surface area contributed by atoms with Crippen molar-refractivity contribution in [2.24, 2.45) is 0 Å². The van der Waals surface area contributed by atoms with E-state index in [0.717, 1.165) is 0 Å². The van der Waals surface area contributed by atoms with Gasteiger partial charge in [0.2, 0.25) is 6.30 Å². The van der Waals surface area contributed by atoms with Gasteiger partial charge in [0.1, 0.15) is 0 Å². The average Bonchev–Trinajstić information content (AvgIpc) is 1.82. The van der Waals surface area contributed by atoms with Crippen molar-refractivity contribution in [3.8, 4) is 12.3 Å². The molecule has 52 valence electrons. The molecule has 0 bridgehead atoms. The van der Waals surface area contributed by atoms with Gasteiger partial charge in [0, 0.05) is 0 Å². The first-order valence-corrected chi connectivity index (χ1v) is 2.27. The first-order chi connectivity index (χ1) is 4.18. The van der Waals surface area contributed by atoms with Crippen molar-refractivity contribution < 1.29 is 13.2 Å². The summed E-state index contributed by atoms with van der Waals surface area (Å²) in [5.41, 5.74) is 0. The summed E-state index contributed by atoms with van der Waals surface area (Å²) in [5.74, 6) is 1.97. The van der Waals surface area contributed by atoms with Crippen molar-refractivity contribution in [2.45, 2.75) is 12.7 Å². The molecule has 0 aliphatic rings. The Hall–Kier alpha value is -0.690.